The third-order valence-corrected chi connectivity index (χ3v) is 1.77. The van der Waals surface area contributed by atoms with Gasteiger partial charge in [0, 0.05) is 13.2 Å². The van der Waals surface area contributed by atoms with Crippen molar-refractivity contribution in [2.24, 2.45) is 0 Å². The number of hydrogen-bond donors (Lipinski definition) is 1. The molecule has 0 saturated carbocycles. The van der Waals surface area contributed by atoms with Crippen molar-refractivity contribution in [2.45, 2.75) is 32.3 Å². The van der Waals surface area contributed by atoms with Gasteiger partial charge in [-0.3, -0.25) is 4.79 Å². The van der Waals surface area contributed by atoms with Crippen LogP contribution in [-0.2, 0) is 9.53 Å². The number of amides is 1. The normalized spacial score (nSPS) is 23.5. The molecule has 1 aliphatic heterocycles. The molecule has 11 heavy (non-hydrogen) atoms. The molecule has 3 heteroatoms. The van der Waals surface area contributed by atoms with Crippen LogP contribution in [0.1, 0.15) is 26.2 Å². The summed E-state index contributed by atoms with van der Waals surface area (Å²) in [7, 11) is 0. The van der Waals surface area contributed by atoms with Crippen LogP contribution in [0.15, 0.2) is 0 Å². The number of carbonyl (C=O) groups is 1. The molecular weight excluding hydrogens is 142 g/mol. The molecule has 1 atom stereocenters. The summed E-state index contributed by atoms with van der Waals surface area (Å²) in [5, 5.41) is 2.81. The van der Waals surface area contributed by atoms with Crippen LogP contribution in [0.25, 0.3) is 0 Å². The molecule has 0 spiro atoms. The van der Waals surface area contributed by atoms with E-state index in [2.05, 4.69) is 5.32 Å². The van der Waals surface area contributed by atoms with Gasteiger partial charge in [0.25, 0.3) is 0 Å². The maximum absolute atomic E-state index is 11.2. The largest absolute Gasteiger partial charge is 0.368 e. The predicted octanol–water partition coefficient (Wildman–Crippen LogP) is 0.692. The van der Waals surface area contributed by atoms with Crippen LogP contribution in [0.2, 0.25) is 0 Å². The molecule has 1 rings (SSSR count). The van der Waals surface area contributed by atoms with Gasteiger partial charge in [0.15, 0.2) is 0 Å². The molecule has 0 aromatic rings. The smallest absolute Gasteiger partial charge is 0.249 e. The molecular formula is C8H15NO2. The van der Waals surface area contributed by atoms with Crippen molar-refractivity contribution < 1.29 is 9.53 Å². The van der Waals surface area contributed by atoms with Gasteiger partial charge in [-0.25, -0.2) is 0 Å². The highest BCUT2D eigenvalue weighted by atomic mass is 16.5. The zero-order valence-electron chi connectivity index (χ0n) is 6.93. The summed E-state index contributed by atoms with van der Waals surface area (Å²) in [6.45, 7) is 3.54. The molecule has 1 saturated heterocycles. The molecule has 0 bridgehead atoms. The Balaban J connectivity index is 2.17. The van der Waals surface area contributed by atoms with Gasteiger partial charge in [-0.2, -0.15) is 0 Å². The molecule has 0 aromatic carbocycles. The number of hydrogen-bond acceptors (Lipinski definition) is 2. The lowest BCUT2D eigenvalue weighted by atomic mass is 10.2. The van der Waals surface area contributed by atoms with Crippen LogP contribution in [0, 0.1) is 0 Å². The minimum atomic E-state index is -0.165. The van der Waals surface area contributed by atoms with Crippen molar-refractivity contribution in [3.05, 3.63) is 0 Å². The van der Waals surface area contributed by atoms with Crippen molar-refractivity contribution in [2.75, 3.05) is 13.2 Å². The molecule has 3 nitrogen and oxygen atoms in total. The second-order valence-corrected chi connectivity index (χ2v) is 2.79. The molecule has 1 heterocycles. The maximum atomic E-state index is 11.2. The van der Waals surface area contributed by atoms with Gasteiger partial charge in [0.2, 0.25) is 5.91 Å². The Morgan fingerprint density at radius 3 is 3.09 bits per heavy atom. The minimum Gasteiger partial charge on any atom is -0.368 e. The number of nitrogens with one attached hydrogen (secondary N) is 1. The van der Waals surface area contributed by atoms with Crippen LogP contribution in [0.4, 0.5) is 0 Å². The first-order chi connectivity index (χ1) is 5.34. The molecule has 64 valence electrons. The Morgan fingerprint density at radius 1 is 1.73 bits per heavy atom. The van der Waals surface area contributed by atoms with Crippen molar-refractivity contribution in [3.63, 3.8) is 0 Å². The van der Waals surface area contributed by atoms with Gasteiger partial charge in [0.1, 0.15) is 6.10 Å². The third kappa shape index (κ3) is 2.50. The highest BCUT2D eigenvalue weighted by Crippen LogP contribution is 2.11. The molecule has 1 amide bonds. The number of ether oxygens (including phenoxy) is 1. The zero-order valence-corrected chi connectivity index (χ0v) is 6.93. The second-order valence-electron chi connectivity index (χ2n) is 2.79. The summed E-state index contributed by atoms with van der Waals surface area (Å²) in [5.41, 5.74) is 0. The van der Waals surface area contributed by atoms with Crippen LogP contribution >= 0.6 is 0 Å². The summed E-state index contributed by atoms with van der Waals surface area (Å²) in [5.74, 6) is 0.0596. The Hall–Kier alpha value is -0.570. The van der Waals surface area contributed by atoms with E-state index < -0.39 is 0 Å². The SMILES string of the molecule is CCCNC(=O)C1CCCO1. The van der Waals surface area contributed by atoms with Gasteiger partial charge in [0.05, 0.1) is 0 Å². The van der Waals surface area contributed by atoms with Crippen molar-refractivity contribution in [1.82, 2.24) is 5.32 Å². The average Bonchev–Trinajstić information content (AvgIpc) is 2.52. The van der Waals surface area contributed by atoms with E-state index in [1.54, 1.807) is 0 Å². The van der Waals surface area contributed by atoms with E-state index in [0.717, 1.165) is 32.4 Å². The zero-order chi connectivity index (χ0) is 8.10. The van der Waals surface area contributed by atoms with E-state index in [0.29, 0.717) is 0 Å². The first-order valence-electron chi connectivity index (χ1n) is 4.24. The number of carbonyl (C=O) groups excluding carboxylic acids is 1. The van der Waals surface area contributed by atoms with Crippen LogP contribution in [0.3, 0.4) is 0 Å². The van der Waals surface area contributed by atoms with E-state index in [9.17, 15) is 4.79 Å². The summed E-state index contributed by atoms with van der Waals surface area (Å²) < 4.78 is 5.20. The Labute approximate surface area is 67.1 Å². The lowest BCUT2D eigenvalue weighted by Gasteiger charge is -2.08. The highest BCUT2D eigenvalue weighted by molar-refractivity contribution is 5.80. The van der Waals surface area contributed by atoms with E-state index >= 15 is 0 Å². The fourth-order valence-electron chi connectivity index (χ4n) is 1.15. The molecule has 0 aromatic heterocycles. The average molecular weight is 157 g/mol. The van der Waals surface area contributed by atoms with Gasteiger partial charge < -0.3 is 10.1 Å². The summed E-state index contributed by atoms with van der Waals surface area (Å²) in [6.07, 6.45) is 2.72. The van der Waals surface area contributed by atoms with E-state index in [1.807, 2.05) is 6.92 Å². The first kappa shape index (κ1) is 8.53. The molecule has 1 N–H and O–H groups in total. The second kappa shape index (κ2) is 4.34. The van der Waals surface area contributed by atoms with E-state index in [1.165, 1.54) is 0 Å². The first-order valence-corrected chi connectivity index (χ1v) is 4.24. The van der Waals surface area contributed by atoms with Crippen molar-refractivity contribution in [1.29, 1.82) is 0 Å². The van der Waals surface area contributed by atoms with Crippen LogP contribution in [-0.4, -0.2) is 25.2 Å². The summed E-state index contributed by atoms with van der Waals surface area (Å²) in [4.78, 5) is 11.2. The lowest BCUT2D eigenvalue weighted by molar-refractivity contribution is -0.130. The Kier molecular flexibility index (Phi) is 3.36. The van der Waals surface area contributed by atoms with Crippen molar-refractivity contribution in [3.8, 4) is 0 Å². The van der Waals surface area contributed by atoms with Gasteiger partial charge in [-0.15, -0.1) is 0 Å². The summed E-state index contributed by atoms with van der Waals surface area (Å²) in [6, 6.07) is 0. The van der Waals surface area contributed by atoms with E-state index in [-0.39, 0.29) is 12.0 Å². The van der Waals surface area contributed by atoms with Gasteiger partial charge >= 0.3 is 0 Å². The standard InChI is InChI=1S/C8H15NO2/c1-2-5-9-8(10)7-4-3-6-11-7/h7H,2-6H2,1H3,(H,9,10). The van der Waals surface area contributed by atoms with Gasteiger partial charge in [-0.1, -0.05) is 6.92 Å². The van der Waals surface area contributed by atoms with Crippen LogP contribution in [0.5, 0.6) is 0 Å². The van der Waals surface area contributed by atoms with E-state index in [4.69, 9.17) is 4.74 Å². The van der Waals surface area contributed by atoms with Crippen molar-refractivity contribution >= 4 is 5.91 Å². The molecule has 1 fully saturated rings. The number of rotatable bonds is 3. The Morgan fingerprint density at radius 2 is 2.55 bits per heavy atom. The minimum absolute atomic E-state index is 0.0596. The molecule has 1 aliphatic rings. The molecule has 0 radical (unpaired) electrons. The fraction of sp³-hybridized carbons (Fsp3) is 0.875. The predicted molar refractivity (Wildman–Crippen MR) is 42.3 cm³/mol. The topological polar surface area (TPSA) is 38.3 Å². The highest BCUT2D eigenvalue weighted by Gasteiger charge is 2.22. The fourth-order valence-corrected chi connectivity index (χ4v) is 1.15. The monoisotopic (exact) mass is 157 g/mol. The summed E-state index contributed by atoms with van der Waals surface area (Å²) >= 11 is 0. The Bertz CT molecular complexity index is 130. The van der Waals surface area contributed by atoms with Crippen LogP contribution < -0.4 is 5.32 Å². The molecule has 0 aliphatic carbocycles. The van der Waals surface area contributed by atoms with Gasteiger partial charge in [-0.05, 0) is 19.3 Å². The lowest BCUT2D eigenvalue weighted by Crippen LogP contribution is -2.34. The quantitative estimate of drug-likeness (QED) is 0.654. The third-order valence-electron chi connectivity index (χ3n) is 1.77. The molecule has 1 unspecified atom stereocenters. The maximum Gasteiger partial charge on any atom is 0.249 e.